The van der Waals surface area contributed by atoms with Crippen molar-refractivity contribution < 1.29 is 0 Å². The van der Waals surface area contributed by atoms with E-state index in [4.69, 9.17) is 10.8 Å². The number of aromatic nitrogens is 9. The van der Waals surface area contributed by atoms with Gasteiger partial charge in [0.1, 0.15) is 17.8 Å². The number of tetrazole rings is 1. The number of aromatic amines is 1. The maximum absolute atomic E-state index is 13.9. The molecule has 0 fully saturated rings. The van der Waals surface area contributed by atoms with Gasteiger partial charge in [-0.05, 0) is 47.7 Å². The molecule has 0 aliphatic heterocycles. The van der Waals surface area contributed by atoms with E-state index in [0.29, 0.717) is 22.1 Å². The number of para-hydroxylation sites is 1. The van der Waals surface area contributed by atoms with Crippen LogP contribution in [0.2, 0.25) is 0 Å². The number of anilines is 1. The van der Waals surface area contributed by atoms with Crippen LogP contribution in [-0.2, 0) is 6.54 Å². The van der Waals surface area contributed by atoms with Crippen LogP contribution in [0.1, 0.15) is 16.8 Å². The van der Waals surface area contributed by atoms with Crippen molar-refractivity contribution in [2.45, 2.75) is 20.4 Å². The molecule has 11 nitrogen and oxygen atoms in total. The Hall–Kier alpha value is -4.93. The molecule has 0 aliphatic rings. The number of hydrogen-bond acceptors (Lipinski definition) is 8. The van der Waals surface area contributed by atoms with Gasteiger partial charge in [0, 0.05) is 5.69 Å². The zero-order valence-electron chi connectivity index (χ0n) is 19.0. The van der Waals surface area contributed by atoms with E-state index in [0.717, 1.165) is 27.9 Å². The Morgan fingerprint density at radius 1 is 1.00 bits per heavy atom. The average molecular weight is 464 g/mol. The normalized spacial score (nSPS) is 11.5. The van der Waals surface area contributed by atoms with Gasteiger partial charge in [-0.25, -0.2) is 14.6 Å². The summed E-state index contributed by atoms with van der Waals surface area (Å²) < 4.78 is 3.43. The summed E-state index contributed by atoms with van der Waals surface area (Å²) in [5, 5.41) is 20.9. The Kier molecular flexibility index (Phi) is 4.62. The van der Waals surface area contributed by atoms with Crippen LogP contribution in [0.5, 0.6) is 0 Å². The number of benzene rings is 2. The largest absolute Gasteiger partial charge is 0.383 e. The Labute approximate surface area is 198 Å². The lowest BCUT2D eigenvalue weighted by atomic mass is 10.1. The predicted octanol–water partition coefficient (Wildman–Crippen LogP) is 2.56. The monoisotopic (exact) mass is 464 g/mol. The van der Waals surface area contributed by atoms with Crippen LogP contribution in [0, 0.1) is 13.8 Å². The molecule has 3 N–H and O–H groups in total. The summed E-state index contributed by atoms with van der Waals surface area (Å²) >= 11 is 0. The molecule has 0 unspecified atom stereocenters. The number of nitrogens with two attached hydrogens (primary N) is 1. The highest BCUT2D eigenvalue weighted by molar-refractivity contribution is 5.96. The molecule has 0 radical (unpaired) electrons. The van der Waals surface area contributed by atoms with E-state index in [-0.39, 0.29) is 23.7 Å². The molecule has 4 heterocycles. The minimum atomic E-state index is -0.0890. The van der Waals surface area contributed by atoms with Gasteiger partial charge < -0.3 is 5.73 Å². The van der Waals surface area contributed by atoms with Gasteiger partial charge in [-0.3, -0.25) is 9.36 Å². The van der Waals surface area contributed by atoms with Crippen molar-refractivity contribution in [3.8, 4) is 17.2 Å². The van der Waals surface area contributed by atoms with Crippen molar-refractivity contribution in [2.75, 3.05) is 5.73 Å². The van der Waals surface area contributed by atoms with Crippen molar-refractivity contribution in [3.05, 3.63) is 82.0 Å². The van der Waals surface area contributed by atoms with Gasteiger partial charge >= 0.3 is 0 Å². The summed E-state index contributed by atoms with van der Waals surface area (Å²) in [5.74, 6) is 0.534. The van der Waals surface area contributed by atoms with Crippen LogP contribution in [0.15, 0.2) is 59.7 Å². The minimum absolute atomic E-state index is 0.0890. The third kappa shape index (κ3) is 3.24. The number of rotatable bonds is 4. The maximum atomic E-state index is 13.9. The Morgan fingerprint density at radius 2 is 1.83 bits per heavy atom. The highest BCUT2D eigenvalue weighted by Gasteiger charge is 2.22. The molecule has 0 bridgehead atoms. The number of hydrogen-bond donors (Lipinski definition) is 2. The lowest BCUT2D eigenvalue weighted by Crippen LogP contribution is -2.25. The topological polar surface area (TPSA) is 146 Å². The number of fused-ring (bicyclic) bond motifs is 2. The maximum Gasteiger partial charge on any atom is 0.263 e. The molecule has 0 aliphatic carbocycles. The third-order valence-electron chi connectivity index (χ3n) is 6.12. The zero-order valence-corrected chi connectivity index (χ0v) is 19.0. The number of nitrogen functional groups attached to an aromatic ring is 1. The fourth-order valence-corrected chi connectivity index (χ4v) is 4.50. The van der Waals surface area contributed by atoms with Crippen LogP contribution in [0.3, 0.4) is 0 Å². The number of H-pyrrole nitrogens is 1. The van der Waals surface area contributed by atoms with Crippen LogP contribution in [0.25, 0.3) is 39.0 Å². The number of aryl methyl sites for hydroxylation is 2. The highest BCUT2D eigenvalue weighted by atomic mass is 16.1. The molecule has 0 amide bonds. The van der Waals surface area contributed by atoms with Gasteiger partial charge in [0.05, 0.1) is 23.0 Å². The first-order valence-electron chi connectivity index (χ1n) is 10.9. The molecule has 172 valence electrons. The van der Waals surface area contributed by atoms with Gasteiger partial charge in [-0.1, -0.05) is 36.4 Å². The Bertz CT molecular complexity index is 1780. The van der Waals surface area contributed by atoms with Gasteiger partial charge in [-0.2, -0.15) is 10.3 Å². The van der Waals surface area contributed by atoms with Crippen molar-refractivity contribution in [1.29, 1.82) is 0 Å². The van der Waals surface area contributed by atoms with Gasteiger partial charge in [-0.15, -0.1) is 10.2 Å². The molecular weight excluding hydrogens is 444 g/mol. The Balaban J connectivity index is 1.64. The van der Waals surface area contributed by atoms with Crippen molar-refractivity contribution >= 4 is 27.6 Å². The molecule has 0 spiro atoms. The molecule has 35 heavy (non-hydrogen) atoms. The first-order chi connectivity index (χ1) is 17.0. The number of pyridine rings is 1. The molecule has 11 heteroatoms. The van der Waals surface area contributed by atoms with Crippen LogP contribution in [-0.4, -0.2) is 44.9 Å². The summed E-state index contributed by atoms with van der Waals surface area (Å²) in [5.41, 5.74) is 10.5. The molecule has 0 saturated heterocycles. The van der Waals surface area contributed by atoms with E-state index in [1.165, 1.54) is 6.33 Å². The van der Waals surface area contributed by atoms with E-state index >= 15 is 0 Å². The first kappa shape index (κ1) is 20.7. The quantitative estimate of drug-likeness (QED) is 0.405. The molecule has 4 aromatic heterocycles. The predicted molar refractivity (Wildman–Crippen MR) is 131 cm³/mol. The second-order valence-electron chi connectivity index (χ2n) is 8.30. The van der Waals surface area contributed by atoms with E-state index in [2.05, 4.69) is 30.6 Å². The second-order valence-corrected chi connectivity index (χ2v) is 8.30. The smallest absolute Gasteiger partial charge is 0.263 e. The van der Waals surface area contributed by atoms with Crippen LogP contribution < -0.4 is 11.3 Å². The van der Waals surface area contributed by atoms with Crippen LogP contribution >= 0.6 is 0 Å². The minimum Gasteiger partial charge on any atom is -0.383 e. The number of nitrogens with one attached hydrogen (secondary N) is 1. The zero-order chi connectivity index (χ0) is 24.1. The van der Waals surface area contributed by atoms with E-state index in [9.17, 15) is 4.79 Å². The molecule has 6 rings (SSSR count). The highest BCUT2D eigenvalue weighted by Crippen LogP contribution is 2.28. The SMILES string of the molecule is Cc1ccccc1-n1c(Cn2nc(-c3nn[nH]n3)c3c(N)ncnc32)cc2cccc(C)c2c1=O. The van der Waals surface area contributed by atoms with E-state index < -0.39 is 0 Å². The summed E-state index contributed by atoms with van der Waals surface area (Å²) in [6.45, 7) is 4.18. The summed E-state index contributed by atoms with van der Waals surface area (Å²) in [6.07, 6.45) is 1.38. The van der Waals surface area contributed by atoms with Crippen molar-refractivity contribution in [2.24, 2.45) is 0 Å². The van der Waals surface area contributed by atoms with Gasteiger partial charge in [0.25, 0.3) is 5.56 Å². The second kappa shape index (κ2) is 7.83. The average Bonchev–Trinajstić information content (AvgIpc) is 3.49. The fourth-order valence-electron chi connectivity index (χ4n) is 4.50. The van der Waals surface area contributed by atoms with Crippen molar-refractivity contribution in [3.63, 3.8) is 0 Å². The third-order valence-corrected chi connectivity index (χ3v) is 6.12. The summed E-state index contributed by atoms with van der Waals surface area (Å²) in [6, 6.07) is 15.7. The standard InChI is InChI=1S/C24H20N10O/c1-13-6-3-4-9-17(13)34-16(10-15-8-5-7-14(2)18(15)24(34)35)11-33-23-19(21(25)26-12-27-23)20(30-33)22-28-31-32-29-22/h3-10,12H,11H2,1-2H3,(H2,25,26,27)(H,28,29,31,32). The Morgan fingerprint density at radius 3 is 2.63 bits per heavy atom. The lowest BCUT2D eigenvalue weighted by Gasteiger charge is -2.17. The van der Waals surface area contributed by atoms with E-state index in [1.54, 1.807) is 9.25 Å². The van der Waals surface area contributed by atoms with E-state index in [1.807, 2.05) is 62.4 Å². The van der Waals surface area contributed by atoms with Gasteiger partial charge in [0.15, 0.2) is 5.65 Å². The fraction of sp³-hybridized carbons (Fsp3) is 0.125. The molecule has 0 atom stereocenters. The summed E-state index contributed by atoms with van der Waals surface area (Å²) in [4.78, 5) is 22.4. The molecule has 2 aromatic carbocycles. The van der Waals surface area contributed by atoms with Crippen molar-refractivity contribution in [1.82, 2.24) is 44.9 Å². The molecule has 0 saturated carbocycles. The molecular formula is C24H20N10O. The lowest BCUT2D eigenvalue weighted by molar-refractivity contribution is 0.670. The van der Waals surface area contributed by atoms with Gasteiger partial charge in [0.2, 0.25) is 5.82 Å². The van der Waals surface area contributed by atoms with Crippen LogP contribution in [0.4, 0.5) is 5.82 Å². The molecule has 6 aromatic rings. The summed E-state index contributed by atoms with van der Waals surface area (Å²) in [7, 11) is 0. The first-order valence-corrected chi connectivity index (χ1v) is 10.9. The number of nitrogens with zero attached hydrogens (tertiary/aromatic N) is 8.